The summed E-state index contributed by atoms with van der Waals surface area (Å²) in [6.07, 6.45) is 2.12. The zero-order valence-electron chi connectivity index (χ0n) is 19.0. The van der Waals surface area contributed by atoms with Crippen LogP contribution in [0, 0.1) is 11.8 Å². The number of aliphatic hydroxyl groups is 3. The Morgan fingerprint density at radius 2 is 1.33 bits per heavy atom. The first-order chi connectivity index (χ1) is 14.3. The van der Waals surface area contributed by atoms with Gasteiger partial charge in [0, 0.05) is 19.1 Å². The Bertz CT molecular complexity index is 510. The smallest absolute Gasteiger partial charge is 0.310 e. The van der Waals surface area contributed by atoms with E-state index in [0.29, 0.717) is 0 Å². The molecule has 1 aliphatic carbocycles. The van der Waals surface area contributed by atoms with Crippen molar-refractivity contribution >= 4 is 11.9 Å². The molecule has 1 saturated carbocycles. The summed E-state index contributed by atoms with van der Waals surface area (Å²) in [6.45, 7) is 7.93. The molecule has 0 amide bonds. The Labute approximate surface area is 180 Å². The van der Waals surface area contributed by atoms with E-state index in [1.165, 1.54) is 0 Å². The number of nitrogens with zero attached hydrogens (tertiary/aromatic N) is 1. The number of carbonyl (C=O) groups is 2. The molecule has 1 fully saturated rings. The second-order valence-electron chi connectivity index (χ2n) is 8.37. The van der Waals surface area contributed by atoms with Crippen molar-refractivity contribution < 1.29 is 34.4 Å². The van der Waals surface area contributed by atoms with Crippen molar-refractivity contribution in [1.29, 1.82) is 0 Å². The minimum absolute atomic E-state index is 0.0810. The number of ether oxygens (including phenoxy) is 2. The van der Waals surface area contributed by atoms with Crippen LogP contribution in [0.25, 0.3) is 0 Å². The van der Waals surface area contributed by atoms with E-state index in [-0.39, 0.29) is 51.4 Å². The summed E-state index contributed by atoms with van der Waals surface area (Å²) < 4.78 is 11.2. The maximum atomic E-state index is 13.0. The van der Waals surface area contributed by atoms with Crippen LogP contribution in [-0.4, -0.2) is 82.8 Å². The molecular formula is C22H41NO7. The van der Waals surface area contributed by atoms with Gasteiger partial charge in [0.05, 0.1) is 43.4 Å². The number of carbonyl (C=O) groups excluding carboxylic acids is 2. The summed E-state index contributed by atoms with van der Waals surface area (Å²) in [4.78, 5) is 27.6. The van der Waals surface area contributed by atoms with E-state index in [2.05, 4.69) is 0 Å². The van der Waals surface area contributed by atoms with Crippen LogP contribution in [0.15, 0.2) is 0 Å². The normalized spacial score (nSPS) is 26.3. The molecule has 8 nitrogen and oxygen atoms in total. The van der Waals surface area contributed by atoms with Gasteiger partial charge in [-0.3, -0.25) is 14.5 Å². The fraction of sp³-hybridized carbons (Fsp3) is 0.909. The number of hydrogen-bond donors (Lipinski definition) is 3. The lowest BCUT2D eigenvalue weighted by Gasteiger charge is -2.42. The van der Waals surface area contributed by atoms with Crippen molar-refractivity contribution in [3.05, 3.63) is 0 Å². The standard InChI is InChI=1S/C22H41NO7/c1-5-7-15(3)29-21(27)17-13-19(23(9-11-24)10-12-25)20(26)14-18(17)22(28)30-16(4)8-6-2/h15-20,24-26H,5-14H2,1-4H3. The molecule has 176 valence electrons. The van der Waals surface area contributed by atoms with Crippen molar-refractivity contribution in [2.75, 3.05) is 26.3 Å². The Kier molecular flexibility index (Phi) is 12.5. The van der Waals surface area contributed by atoms with Crippen molar-refractivity contribution in [3.63, 3.8) is 0 Å². The van der Waals surface area contributed by atoms with Crippen molar-refractivity contribution in [2.24, 2.45) is 11.8 Å². The highest BCUT2D eigenvalue weighted by Crippen LogP contribution is 2.35. The topological polar surface area (TPSA) is 117 Å². The average Bonchev–Trinajstić information content (AvgIpc) is 2.67. The van der Waals surface area contributed by atoms with Gasteiger partial charge in [-0.05, 0) is 39.5 Å². The summed E-state index contributed by atoms with van der Waals surface area (Å²) in [6, 6.07) is -0.458. The molecule has 0 bridgehead atoms. The van der Waals surface area contributed by atoms with Crippen molar-refractivity contribution in [1.82, 2.24) is 4.90 Å². The summed E-state index contributed by atoms with van der Waals surface area (Å²) >= 11 is 0. The lowest BCUT2D eigenvalue weighted by molar-refractivity contribution is -0.173. The van der Waals surface area contributed by atoms with Gasteiger partial charge >= 0.3 is 11.9 Å². The predicted octanol–water partition coefficient (Wildman–Crippen LogP) is 1.49. The second kappa shape index (κ2) is 14.0. The zero-order chi connectivity index (χ0) is 22.7. The molecule has 8 heteroatoms. The van der Waals surface area contributed by atoms with Gasteiger partial charge in [-0.25, -0.2) is 0 Å². The Morgan fingerprint density at radius 1 is 0.900 bits per heavy atom. The van der Waals surface area contributed by atoms with E-state index >= 15 is 0 Å². The van der Waals surface area contributed by atoms with E-state index in [9.17, 15) is 24.9 Å². The van der Waals surface area contributed by atoms with Crippen LogP contribution in [0.4, 0.5) is 0 Å². The first kappa shape index (κ1) is 26.8. The number of aliphatic hydroxyl groups excluding tert-OH is 3. The first-order valence-electron chi connectivity index (χ1n) is 11.3. The molecule has 0 radical (unpaired) electrons. The van der Waals surface area contributed by atoms with Crippen LogP contribution in [0.2, 0.25) is 0 Å². The molecule has 0 spiro atoms. The third-order valence-corrected chi connectivity index (χ3v) is 5.79. The van der Waals surface area contributed by atoms with Gasteiger partial charge in [-0.15, -0.1) is 0 Å². The molecule has 1 aliphatic rings. The monoisotopic (exact) mass is 431 g/mol. The number of esters is 2. The third kappa shape index (κ3) is 8.13. The second-order valence-corrected chi connectivity index (χ2v) is 8.37. The highest BCUT2D eigenvalue weighted by atomic mass is 16.6. The maximum absolute atomic E-state index is 13.0. The zero-order valence-corrected chi connectivity index (χ0v) is 19.0. The predicted molar refractivity (Wildman–Crippen MR) is 113 cm³/mol. The Morgan fingerprint density at radius 3 is 1.73 bits per heavy atom. The van der Waals surface area contributed by atoms with Gasteiger partial charge in [0.2, 0.25) is 0 Å². The first-order valence-corrected chi connectivity index (χ1v) is 11.3. The van der Waals surface area contributed by atoms with Gasteiger partial charge in [0.1, 0.15) is 0 Å². The van der Waals surface area contributed by atoms with E-state index < -0.39 is 35.9 Å². The summed E-state index contributed by atoms with van der Waals surface area (Å²) in [5.41, 5.74) is 0. The molecule has 6 unspecified atom stereocenters. The van der Waals surface area contributed by atoms with Crippen molar-refractivity contribution in [3.8, 4) is 0 Å². The van der Waals surface area contributed by atoms with Gasteiger partial charge < -0.3 is 24.8 Å². The van der Waals surface area contributed by atoms with Crippen LogP contribution >= 0.6 is 0 Å². The fourth-order valence-corrected chi connectivity index (χ4v) is 4.28. The van der Waals surface area contributed by atoms with Gasteiger partial charge in [0.15, 0.2) is 0 Å². The van der Waals surface area contributed by atoms with E-state index in [0.717, 1.165) is 25.7 Å². The summed E-state index contributed by atoms with van der Waals surface area (Å²) in [5, 5.41) is 29.5. The lowest BCUT2D eigenvalue weighted by atomic mass is 9.74. The fourth-order valence-electron chi connectivity index (χ4n) is 4.28. The molecule has 0 aliphatic heterocycles. The number of hydrogen-bond acceptors (Lipinski definition) is 8. The van der Waals surface area contributed by atoms with Gasteiger partial charge in [-0.2, -0.15) is 0 Å². The largest absolute Gasteiger partial charge is 0.462 e. The Hall–Kier alpha value is -1.22. The van der Waals surface area contributed by atoms with E-state index in [1.54, 1.807) is 4.90 Å². The van der Waals surface area contributed by atoms with Crippen LogP contribution in [0.1, 0.15) is 66.2 Å². The SMILES string of the molecule is CCCC(C)OC(=O)C1CC(O)C(N(CCO)CCO)CC1C(=O)OC(C)CCC. The van der Waals surface area contributed by atoms with Crippen LogP contribution in [0.3, 0.4) is 0 Å². The molecular weight excluding hydrogens is 390 g/mol. The van der Waals surface area contributed by atoms with E-state index in [4.69, 9.17) is 9.47 Å². The highest BCUT2D eigenvalue weighted by Gasteiger charge is 2.47. The lowest BCUT2D eigenvalue weighted by Crippen LogP contribution is -2.54. The molecule has 3 N–H and O–H groups in total. The Balaban J connectivity index is 3.04. The molecule has 0 aromatic rings. The molecule has 0 heterocycles. The quantitative estimate of drug-likeness (QED) is 0.376. The molecule has 6 atom stereocenters. The molecule has 30 heavy (non-hydrogen) atoms. The molecule has 1 rings (SSSR count). The summed E-state index contributed by atoms with van der Waals surface area (Å²) in [7, 11) is 0. The van der Waals surface area contributed by atoms with Crippen LogP contribution in [-0.2, 0) is 19.1 Å². The van der Waals surface area contributed by atoms with Crippen LogP contribution in [0.5, 0.6) is 0 Å². The molecule has 0 aromatic heterocycles. The minimum Gasteiger partial charge on any atom is -0.462 e. The molecule has 0 aromatic carbocycles. The molecule has 0 saturated heterocycles. The van der Waals surface area contributed by atoms with Gasteiger partial charge in [0.25, 0.3) is 0 Å². The average molecular weight is 432 g/mol. The number of rotatable bonds is 13. The minimum atomic E-state index is -0.876. The highest BCUT2D eigenvalue weighted by molar-refractivity contribution is 5.82. The van der Waals surface area contributed by atoms with Crippen LogP contribution < -0.4 is 0 Å². The van der Waals surface area contributed by atoms with Gasteiger partial charge in [-0.1, -0.05) is 26.7 Å². The summed E-state index contributed by atoms with van der Waals surface area (Å²) in [5.74, 6) is -2.44. The van der Waals surface area contributed by atoms with Crippen molar-refractivity contribution in [2.45, 2.75) is 90.6 Å². The maximum Gasteiger partial charge on any atom is 0.310 e. The third-order valence-electron chi connectivity index (χ3n) is 5.79. The van der Waals surface area contributed by atoms with E-state index in [1.807, 2.05) is 27.7 Å².